The molecule has 0 spiro atoms. The average molecular weight is 294 g/mol. The molecule has 94 valence electrons. The minimum atomic E-state index is -0.213. The van der Waals surface area contributed by atoms with Gasteiger partial charge in [-0.2, -0.15) is 11.8 Å². The number of nitrogens with zero attached hydrogens (tertiary/aromatic N) is 1. The van der Waals surface area contributed by atoms with Crippen molar-refractivity contribution in [2.75, 3.05) is 7.11 Å². The van der Waals surface area contributed by atoms with Gasteiger partial charge in [-0.1, -0.05) is 30.1 Å². The molecule has 1 atom stereocenters. The number of ether oxygens (including phenoxy) is 1. The Morgan fingerprint density at radius 3 is 2.88 bits per heavy atom. The molecule has 0 fully saturated rings. The van der Waals surface area contributed by atoms with Crippen LogP contribution in [0.4, 0.5) is 0 Å². The minimum Gasteiger partial charge on any atom is -0.469 e. The molecule has 0 N–H and O–H groups in total. The Hall–Kier alpha value is -0.450. The highest BCUT2D eigenvalue weighted by Crippen LogP contribution is 2.25. The van der Waals surface area contributed by atoms with E-state index in [4.69, 9.17) is 23.2 Å². The Morgan fingerprint density at radius 2 is 2.24 bits per heavy atom. The van der Waals surface area contributed by atoms with Gasteiger partial charge in [0.1, 0.15) is 5.15 Å². The maximum atomic E-state index is 11.1. The molecule has 0 bridgehead atoms. The van der Waals surface area contributed by atoms with E-state index in [2.05, 4.69) is 9.72 Å². The molecule has 3 nitrogen and oxygen atoms in total. The third kappa shape index (κ3) is 5.15. The molecule has 6 heteroatoms. The summed E-state index contributed by atoms with van der Waals surface area (Å²) in [6, 6.07) is 3.37. The van der Waals surface area contributed by atoms with E-state index in [1.807, 2.05) is 6.92 Å². The molecule has 1 rings (SSSR count). The Morgan fingerprint density at radius 1 is 1.53 bits per heavy atom. The number of halogens is 2. The molecule has 17 heavy (non-hydrogen) atoms. The lowest BCUT2D eigenvalue weighted by molar-refractivity contribution is -0.140. The van der Waals surface area contributed by atoms with Gasteiger partial charge in [-0.05, 0) is 12.1 Å². The van der Waals surface area contributed by atoms with Crippen molar-refractivity contribution in [1.82, 2.24) is 4.98 Å². The first kappa shape index (κ1) is 14.6. The topological polar surface area (TPSA) is 39.2 Å². The monoisotopic (exact) mass is 293 g/mol. The number of hydrogen-bond acceptors (Lipinski definition) is 4. The molecule has 0 saturated carbocycles. The Kier molecular flexibility index (Phi) is 6.09. The summed E-state index contributed by atoms with van der Waals surface area (Å²) in [7, 11) is 1.38. The third-order valence-corrected chi connectivity index (χ3v) is 3.80. The molecule has 0 radical (unpaired) electrons. The molecule has 1 unspecified atom stereocenters. The highest BCUT2D eigenvalue weighted by Gasteiger charge is 2.11. The number of rotatable bonds is 5. The summed E-state index contributed by atoms with van der Waals surface area (Å²) >= 11 is 13.4. The first-order valence-corrected chi connectivity index (χ1v) is 6.82. The van der Waals surface area contributed by atoms with Crippen LogP contribution in [0, 0.1) is 0 Å². The van der Waals surface area contributed by atoms with Crippen molar-refractivity contribution in [1.29, 1.82) is 0 Å². The van der Waals surface area contributed by atoms with Crippen molar-refractivity contribution in [3.05, 3.63) is 28.0 Å². The first-order chi connectivity index (χ1) is 8.02. The van der Waals surface area contributed by atoms with Crippen LogP contribution in [-0.2, 0) is 15.3 Å². The van der Waals surface area contributed by atoms with Crippen LogP contribution in [0.2, 0.25) is 10.2 Å². The molecule has 0 amide bonds. The fraction of sp³-hybridized carbons (Fsp3) is 0.455. The average Bonchev–Trinajstić information content (AvgIpc) is 2.30. The molecule has 0 aliphatic rings. The van der Waals surface area contributed by atoms with E-state index in [-0.39, 0.29) is 11.2 Å². The molecular weight excluding hydrogens is 281 g/mol. The normalized spacial score (nSPS) is 12.2. The molecule has 1 heterocycles. The second-order valence-electron chi connectivity index (χ2n) is 3.46. The molecule has 0 aliphatic heterocycles. The van der Waals surface area contributed by atoms with Crippen molar-refractivity contribution in [2.24, 2.45) is 0 Å². The predicted octanol–water partition coefficient (Wildman–Crippen LogP) is 3.57. The quantitative estimate of drug-likeness (QED) is 0.614. The highest BCUT2D eigenvalue weighted by molar-refractivity contribution is 7.99. The van der Waals surface area contributed by atoms with E-state index < -0.39 is 0 Å². The van der Waals surface area contributed by atoms with Gasteiger partial charge in [-0.15, -0.1) is 0 Å². The summed E-state index contributed by atoms with van der Waals surface area (Å²) in [5, 5.41) is 1.16. The van der Waals surface area contributed by atoms with E-state index in [9.17, 15) is 4.79 Å². The number of carbonyl (C=O) groups is 1. The van der Waals surface area contributed by atoms with E-state index in [0.717, 1.165) is 5.69 Å². The lowest BCUT2D eigenvalue weighted by atomic mass is 10.3. The zero-order chi connectivity index (χ0) is 12.8. The molecule has 0 saturated heterocycles. The van der Waals surface area contributed by atoms with Gasteiger partial charge >= 0.3 is 5.97 Å². The van der Waals surface area contributed by atoms with Gasteiger partial charge in [0.2, 0.25) is 0 Å². The highest BCUT2D eigenvalue weighted by atomic mass is 35.5. The largest absolute Gasteiger partial charge is 0.469 e. The summed E-state index contributed by atoms with van der Waals surface area (Å²) < 4.78 is 4.60. The lowest BCUT2D eigenvalue weighted by Gasteiger charge is -2.10. The summed E-state index contributed by atoms with van der Waals surface area (Å²) in [5.74, 6) is 0.410. The van der Waals surface area contributed by atoms with Crippen LogP contribution in [0.25, 0.3) is 0 Å². The number of hydrogen-bond donors (Lipinski definition) is 0. The van der Waals surface area contributed by atoms with Gasteiger partial charge in [0.15, 0.2) is 0 Å². The zero-order valence-corrected chi connectivity index (χ0v) is 11.9. The van der Waals surface area contributed by atoms with E-state index in [0.29, 0.717) is 22.3 Å². The summed E-state index contributed by atoms with van der Waals surface area (Å²) in [4.78, 5) is 15.2. The van der Waals surface area contributed by atoms with Crippen molar-refractivity contribution < 1.29 is 9.53 Å². The van der Waals surface area contributed by atoms with Gasteiger partial charge in [-0.25, -0.2) is 4.98 Å². The van der Waals surface area contributed by atoms with Crippen LogP contribution >= 0.6 is 35.0 Å². The van der Waals surface area contributed by atoms with Crippen LogP contribution in [0.15, 0.2) is 12.1 Å². The number of thioether (sulfide) groups is 1. The van der Waals surface area contributed by atoms with Gasteiger partial charge in [-0.3, -0.25) is 4.79 Å². The fourth-order valence-electron chi connectivity index (χ4n) is 1.16. The van der Waals surface area contributed by atoms with Crippen LogP contribution in [-0.4, -0.2) is 23.3 Å². The van der Waals surface area contributed by atoms with Crippen LogP contribution in [0.5, 0.6) is 0 Å². The SMILES string of the molecule is COC(=O)CC(C)SCc1nc(Cl)ccc1Cl. The second-order valence-corrected chi connectivity index (χ2v) is 5.69. The van der Waals surface area contributed by atoms with Crippen molar-refractivity contribution in [2.45, 2.75) is 24.3 Å². The van der Waals surface area contributed by atoms with E-state index in [1.165, 1.54) is 7.11 Å². The molecule has 1 aromatic rings. The summed E-state index contributed by atoms with van der Waals surface area (Å²) in [5.41, 5.74) is 0.737. The minimum absolute atomic E-state index is 0.152. The Bertz CT molecular complexity index is 401. The van der Waals surface area contributed by atoms with Gasteiger partial charge in [0, 0.05) is 11.0 Å². The van der Waals surface area contributed by atoms with Crippen LogP contribution < -0.4 is 0 Å². The van der Waals surface area contributed by atoms with Crippen LogP contribution in [0.1, 0.15) is 19.0 Å². The molecule has 0 aromatic carbocycles. The Labute approximate surface area is 115 Å². The van der Waals surface area contributed by atoms with Crippen molar-refractivity contribution in [3.8, 4) is 0 Å². The zero-order valence-electron chi connectivity index (χ0n) is 9.57. The lowest BCUT2D eigenvalue weighted by Crippen LogP contribution is -2.09. The maximum absolute atomic E-state index is 11.1. The number of esters is 1. The molecular formula is C11H13Cl2NO2S. The predicted molar refractivity (Wildman–Crippen MR) is 71.6 cm³/mol. The van der Waals surface area contributed by atoms with Crippen LogP contribution in [0.3, 0.4) is 0 Å². The van der Waals surface area contributed by atoms with Gasteiger partial charge in [0.05, 0.1) is 24.2 Å². The van der Waals surface area contributed by atoms with Crippen molar-refractivity contribution >= 4 is 40.9 Å². The molecule has 0 aliphatic carbocycles. The van der Waals surface area contributed by atoms with Gasteiger partial charge in [0.25, 0.3) is 0 Å². The summed E-state index contributed by atoms with van der Waals surface area (Å²) in [6.07, 6.45) is 0.374. The third-order valence-electron chi connectivity index (χ3n) is 2.07. The van der Waals surface area contributed by atoms with Crippen molar-refractivity contribution in [3.63, 3.8) is 0 Å². The molecule has 1 aromatic heterocycles. The number of carbonyl (C=O) groups excluding carboxylic acids is 1. The van der Waals surface area contributed by atoms with E-state index >= 15 is 0 Å². The van der Waals surface area contributed by atoms with E-state index in [1.54, 1.807) is 23.9 Å². The standard InChI is InChI=1S/C11H13Cl2NO2S/c1-7(5-11(15)16-2)17-6-9-8(12)3-4-10(13)14-9/h3-4,7H,5-6H2,1-2H3. The Balaban J connectivity index is 2.49. The fourth-order valence-corrected chi connectivity index (χ4v) is 2.49. The summed E-state index contributed by atoms with van der Waals surface area (Å²) in [6.45, 7) is 1.96. The number of aromatic nitrogens is 1. The first-order valence-electron chi connectivity index (χ1n) is 5.02. The number of methoxy groups -OCH3 is 1. The maximum Gasteiger partial charge on any atom is 0.306 e. The number of pyridine rings is 1. The van der Waals surface area contributed by atoms with Gasteiger partial charge < -0.3 is 4.74 Å². The smallest absolute Gasteiger partial charge is 0.306 e. The second kappa shape index (κ2) is 7.09.